The van der Waals surface area contributed by atoms with Gasteiger partial charge in [0.2, 0.25) is 0 Å². The van der Waals surface area contributed by atoms with Gasteiger partial charge in [0.15, 0.2) is 11.9 Å². The monoisotopic (exact) mass is 439 g/mol. The molecular weight excluding hydrogens is 421 g/mol. The lowest BCUT2D eigenvalue weighted by molar-refractivity contribution is -0.128. The number of hydrogen-bond donors (Lipinski definition) is 2. The van der Waals surface area contributed by atoms with E-state index in [4.69, 9.17) is 33.5 Å². The number of carbonyl (C=O) groups is 3. The smallest absolute Gasteiger partial charge is 0.278 e. The topological polar surface area (TPSA) is 122 Å². The first-order chi connectivity index (χ1) is 13.8. The van der Waals surface area contributed by atoms with Crippen molar-refractivity contribution in [1.29, 1.82) is 0 Å². The maximum Gasteiger partial charge on any atom is 0.278 e. The molecule has 0 saturated carbocycles. The molecule has 3 rings (SSSR count). The molecule has 2 heterocycles. The highest BCUT2D eigenvalue weighted by Crippen LogP contribution is 2.26. The molecule has 3 N–H and O–H groups in total. The van der Waals surface area contributed by atoms with Gasteiger partial charge in [0, 0.05) is 37.8 Å². The van der Waals surface area contributed by atoms with E-state index in [-0.39, 0.29) is 42.5 Å². The number of hydrogen-bond acceptors (Lipinski definition) is 6. The van der Waals surface area contributed by atoms with Crippen LogP contribution in [0, 0.1) is 6.92 Å². The summed E-state index contributed by atoms with van der Waals surface area (Å²) >= 11 is 11.9. The van der Waals surface area contributed by atoms with Crippen molar-refractivity contribution in [3.05, 3.63) is 51.3 Å². The molecule has 1 aromatic heterocycles. The SMILES string of the molecule is Cc1cc(C(=O)N2CCN(C(=O)c3ccc(Cl)c(Cl)c3)C2C(=O)NCCN)no1. The van der Waals surface area contributed by atoms with Crippen LogP contribution in [0.4, 0.5) is 0 Å². The summed E-state index contributed by atoms with van der Waals surface area (Å²) in [7, 11) is 0. The maximum absolute atomic E-state index is 13.1. The summed E-state index contributed by atoms with van der Waals surface area (Å²) in [6.07, 6.45) is -1.16. The number of carbonyl (C=O) groups excluding carboxylic acids is 3. The minimum atomic E-state index is -1.16. The maximum atomic E-state index is 13.1. The highest BCUT2D eigenvalue weighted by molar-refractivity contribution is 6.42. The van der Waals surface area contributed by atoms with Gasteiger partial charge in [0.25, 0.3) is 17.7 Å². The van der Waals surface area contributed by atoms with Crippen molar-refractivity contribution in [3.8, 4) is 0 Å². The Morgan fingerprint density at radius 3 is 2.45 bits per heavy atom. The Bertz CT molecular complexity index is 948. The third-order valence-electron chi connectivity index (χ3n) is 4.39. The van der Waals surface area contributed by atoms with Crippen molar-refractivity contribution in [2.24, 2.45) is 5.73 Å². The Hall–Kier alpha value is -2.62. The molecule has 11 heteroatoms. The number of amides is 3. The number of nitrogens with two attached hydrogens (primary N) is 1. The van der Waals surface area contributed by atoms with Crippen molar-refractivity contribution in [2.75, 3.05) is 26.2 Å². The Morgan fingerprint density at radius 1 is 1.17 bits per heavy atom. The average Bonchev–Trinajstić information content (AvgIpc) is 3.33. The molecule has 1 aromatic carbocycles. The zero-order valence-corrected chi connectivity index (χ0v) is 17.0. The largest absolute Gasteiger partial charge is 0.361 e. The predicted octanol–water partition coefficient (Wildman–Crippen LogP) is 1.29. The summed E-state index contributed by atoms with van der Waals surface area (Å²) in [6, 6.07) is 5.90. The van der Waals surface area contributed by atoms with Gasteiger partial charge in [-0.25, -0.2) is 0 Å². The Morgan fingerprint density at radius 2 is 1.86 bits per heavy atom. The van der Waals surface area contributed by atoms with Crippen LogP contribution in [0.15, 0.2) is 28.8 Å². The highest BCUT2D eigenvalue weighted by atomic mass is 35.5. The van der Waals surface area contributed by atoms with E-state index in [0.29, 0.717) is 10.8 Å². The van der Waals surface area contributed by atoms with Crippen LogP contribution in [0.5, 0.6) is 0 Å². The van der Waals surface area contributed by atoms with Crippen LogP contribution >= 0.6 is 23.2 Å². The molecule has 9 nitrogen and oxygen atoms in total. The van der Waals surface area contributed by atoms with E-state index in [0.717, 1.165) is 0 Å². The molecule has 29 heavy (non-hydrogen) atoms. The van der Waals surface area contributed by atoms with Gasteiger partial charge in [-0.2, -0.15) is 0 Å². The molecule has 1 unspecified atom stereocenters. The molecule has 154 valence electrons. The van der Waals surface area contributed by atoms with E-state index in [9.17, 15) is 14.4 Å². The number of nitrogens with one attached hydrogen (secondary N) is 1. The highest BCUT2D eigenvalue weighted by Gasteiger charge is 2.43. The van der Waals surface area contributed by atoms with Crippen molar-refractivity contribution >= 4 is 40.9 Å². The van der Waals surface area contributed by atoms with Crippen molar-refractivity contribution in [2.45, 2.75) is 13.1 Å². The van der Waals surface area contributed by atoms with Crippen molar-refractivity contribution < 1.29 is 18.9 Å². The Kier molecular flexibility index (Phi) is 6.41. The minimum absolute atomic E-state index is 0.0583. The first-order valence-electron chi connectivity index (χ1n) is 8.81. The number of rotatable bonds is 5. The van der Waals surface area contributed by atoms with Gasteiger partial charge in [0.05, 0.1) is 10.0 Å². The van der Waals surface area contributed by atoms with Crippen LogP contribution in [-0.4, -0.2) is 65.0 Å². The standard InChI is InChI=1S/C18H19Cl2N5O4/c1-10-8-14(23-29-10)18(28)25-7-6-24(16(25)15(26)22-5-4-21)17(27)11-2-3-12(19)13(20)9-11/h2-3,8-9,16H,4-7,21H2,1H3,(H,22,26). The molecule has 1 aliphatic rings. The molecule has 1 saturated heterocycles. The van der Waals surface area contributed by atoms with E-state index in [1.54, 1.807) is 6.92 Å². The van der Waals surface area contributed by atoms with E-state index >= 15 is 0 Å². The number of benzene rings is 1. The van der Waals surface area contributed by atoms with Crippen LogP contribution in [0.2, 0.25) is 10.0 Å². The lowest BCUT2D eigenvalue weighted by Gasteiger charge is -2.28. The second-order valence-electron chi connectivity index (χ2n) is 6.40. The number of halogens is 2. The minimum Gasteiger partial charge on any atom is -0.361 e. The summed E-state index contributed by atoms with van der Waals surface area (Å²) in [5, 5.41) is 6.86. The van der Waals surface area contributed by atoms with E-state index in [1.807, 2.05) is 0 Å². The first kappa shape index (κ1) is 21.1. The van der Waals surface area contributed by atoms with Gasteiger partial charge in [0.1, 0.15) is 5.76 Å². The fourth-order valence-electron chi connectivity index (χ4n) is 3.03. The molecule has 0 bridgehead atoms. The molecule has 2 aromatic rings. The lowest BCUT2D eigenvalue weighted by atomic mass is 10.2. The number of nitrogens with zero attached hydrogens (tertiary/aromatic N) is 3. The summed E-state index contributed by atoms with van der Waals surface area (Å²) in [5.41, 5.74) is 5.77. The van der Waals surface area contributed by atoms with Gasteiger partial charge < -0.3 is 25.4 Å². The average molecular weight is 440 g/mol. The zero-order chi connectivity index (χ0) is 21.1. The summed E-state index contributed by atoms with van der Waals surface area (Å²) < 4.78 is 4.95. The van der Waals surface area contributed by atoms with E-state index < -0.39 is 23.9 Å². The van der Waals surface area contributed by atoms with Crippen molar-refractivity contribution in [3.63, 3.8) is 0 Å². The molecule has 3 amide bonds. The van der Waals surface area contributed by atoms with Crippen LogP contribution in [0.1, 0.15) is 26.6 Å². The van der Waals surface area contributed by atoms with E-state index in [2.05, 4.69) is 10.5 Å². The van der Waals surface area contributed by atoms with E-state index in [1.165, 1.54) is 34.1 Å². The van der Waals surface area contributed by atoms with Gasteiger partial charge in [-0.05, 0) is 25.1 Å². The molecule has 0 radical (unpaired) electrons. The van der Waals surface area contributed by atoms with Gasteiger partial charge >= 0.3 is 0 Å². The fraction of sp³-hybridized carbons (Fsp3) is 0.333. The van der Waals surface area contributed by atoms with Gasteiger partial charge in [-0.1, -0.05) is 28.4 Å². The van der Waals surface area contributed by atoms with Gasteiger partial charge in [-0.15, -0.1) is 0 Å². The van der Waals surface area contributed by atoms with Crippen LogP contribution in [0.25, 0.3) is 0 Å². The number of aryl methyl sites for hydroxylation is 1. The summed E-state index contributed by atoms with van der Waals surface area (Å²) in [6.45, 7) is 2.38. The number of aromatic nitrogens is 1. The summed E-state index contributed by atoms with van der Waals surface area (Å²) in [4.78, 5) is 41.3. The first-order valence-corrected chi connectivity index (χ1v) is 9.57. The van der Waals surface area contributed by atoms with Crippen molar-refractivity contribution in [1.82, 2.24) is 20.3 Å². The second kappa shape index (κ2) is 8.81. The molecule has 1 fully saturated rings. The molecule has 1 aliphatic heterocycles. The predicted molar refractivity (Wildman–Crippen MR) is 106 cm³/mol. The third kappa shape index (κ3) is 4.36. The Labute approximate surface area is 176 Å². The van der Waals surface area contributed by atoms with Crippen LogP contribution < -0.4 is 11.1 Å². The van der Waals surface area contributed by atoms with Crippen LogP contribution in [0.3, 0.4) is 0 Å². The molecule has 0 aliphatic carbocycles. The third-order valence-corrected chi connectivity index (χ3v) is 5.12. The van der Waals surface area contributed by atoms with Crippen LogP contribution in [-0.2, 0) is 4.79 Å². The molecule has 1 atom stereocenters. The summed E-state index contributed by atoms with van der Waals surface area (Å²) in [5.74, 6) is -1.03. The normalized spacial score (nSPS) is 16.2. The zero-order valence-electron chi connectivity index (χ0n) is 15.5. The lowest BCUT2D eigenvalue weighted by Crippen LogP contribution is -2.54. The second-order valence-corrected chi connectivity index (χ2v) is 7.22. The quantitative estimate of drug-likeness (QED) is 0.723. The Balaban J connectivity index is 1.91. The molecular formula is C18H19Cl2N5O4. The molecule has 0 spiro atoms. The van der Waals surface area contributed by atoms with Gasteiger partial charge in [-0.3, -0.25) is 14.4 Å². The fourth-order valence-corrected chi connectivity index (χ4v) is 3.33.